The molecule has 0 heterocycles. The van der Waals surface area contributed by atoms with Crippen molar-refractivity contribution in [1.29, 1.82) is 0 Å². The monoisotopic (exact) mass is 1540 g/mol. The fourth-order valence-electron chi connectivity index (χ4n) is 9.47. The van der Waals surface area contributed by atoms with Gasteiger partial charge in [-0.1, -0.05) is 46.4 Å². The van der Waals surface area contributed by atoms with Gasteiger partial charge in [0.15, 0.2) is 69.8 Å². The molecule has 0 unspecified atom stereocenters. The van der Waals surface area contributed by atoms with Crippen molar-refractivity contribution in [3.8, 4) is 17.2 Å². The van der Waals surface area contributed by atoms with E-state index in [1.54, 1.807) is 21.3 Å². The van der Waals surface area contributed by atoms with Crippen LogP contribution in [0, 0.1) is 93.1 Å². The number of halogens is 20. The minimum Gasteiger partial charge on any atom is -0.207 e. The average Bonchev–Trinajstić information content (AvgIpc) is 0.682. The average molecular weight is 1540 g/mol. The summed E-state index contributed by atoms with van der Waals surface area (Å²) in [5, 5.41) is -9.69. The molecule has 0 aliphatic carbocycles. The Morgan fingerprint density at radius 3 is 0.660 bits per heavy atom. The first-order valence-electron chi connectivity index (χ1n) is 28.6. The van der Waals surface area contributed by atoms with Gasteiger partial charge in [0.1, 0.15) is 29.4 Å². The van der Waals surface area contributed by atoms with Crippen molar-refractivity contribution in [2.45, 2.75) is 0 Å². The molecule has 7 rings (SSSR count). The van der Waals surface area contributed by atoms with E-state index in [-0.39, 0.29) is 0 Å². The first-order chi connectivity index (χ1) is 46.5. The van der Waals surface area contributed by atoms with Gasteiger partial charge < -0.3 is 0 Å². The molecule has 7 aromatic rings. The molecular weight excluding hydrogens is 1480 g/mol. The number of hydrogen-bond acceptors (Lipinski definition) is 12. The SMILES string of the molecule is COCCOCCOCCOc1ccccc1[Se+](c1ccccc1OCCOCCOCCOC)c1ccccc1OCCOCCOCCOC.Fc1c(F)c(F)c([B-](c2c(F)c(F)c(F)c(F)c2Cl)(c2c(F)c(F)c(F)c(F)c2Cl)c2c(F)c(F)c(F)c(F)c2Cl)c(Cl)c1F. The summed E-state index contributed by atoms with van der Waals surface area (Å²) in [5.41, 5.74) is -10.7. The summed E-state index contributed by atoms with van der Waals surface area (Å²) in [4.78, 5) is 0. The van der Waals surface area contributed by atoms with Gasteiger partial charge in [0.2, 0.25) is 0 Å². The Bertz CT molecular complexity index is 3230. The molecule has 0 amide bonds. The molecule has 34 heteroatoms. The fraction of sp³-hybridized carbons (Fsp3) is 0.333. The van der Waals surface area contributed by atoms with E-state index in [9.17, 15) is 52.7 Å². The maximum absolute atomic E-state index is 15.8. The second-order valence-corrected chi connectivity index (χ2v) is 25.2. The van der Waals surface area contributed by atoms with Crippen LogP contribution in [0.5, 0.6) is 17.2 Å². The Labute approximate surface area is 569 Å². The topological polar surface area (TPSA) is 111 Å². The number of para-hydroxylation sites is 3. The van der Waals surface area contributed by atoms with E-state index in [1.807, 2.05) is 54.6 Å². The quantitative estimate of drug-likeness (QED) is 0.0122. The molecule has 0 radical (unpaired) electrons. The third kappa shape index (κ3) is 19.0. The van der Waals surface area contributed by atoms with E-state index in [0.717, 1.165) is 30.6 Å². The van der Waals surface area contributed by atoms with Crippen LogP contribution < -0.4 is 49.4 Å². The van der Waals surface area contributed by atoms with Crippen LogP contribution in [0.2, 0.25) is 20.1 Å². The van der Waals surface area contributed by atoms with Gasteiger partial charge in [-0.15, -0.1) is 21.9 Å². The van der Waals surface area contributed by atoms with E-state index in [4.69, 9.17) is 103 Å². The van der Waals surface area contributed by atoms with E-state index >= 15 is 17.6 Å². The minimum absolute atomic E-state index is 0.392. The summed E-state index contributed by atoms with van der Waals surface area (Å²) >= 11 is 20.2. The van der Waals surface area contributed by atoms with Crippen molar-refractivity contribution in [2.75, 3.05) is 140 Å². The van der Waals surface area contributed by atoms with Crippen molar-refractivity contribution >= 4 is 102 Å². The third-order valence-electron chi connectivity index (χ3n) is 13.8. The molecule has 0 atom stereocenters. The number of benzene rings is 7. The minimum atomic E-state index is -6.24. The molecule has 97 heavy (non-hydrogen) atoms. The van der Waals surface area contributed by atoms with Gasteiger partial charge in [-0.25, -0.2) is 70.2 Å². The standard InChI is InChI=1S/C39H57O12Se.C24BCl4F16/c1-40-16-19-43-22-25-46-28-31-49-34-10-4-7-13-37(34)52(38-14-8-5-11-35(38)50-32-29-47-26-23-44-20-17-41-2)39-15-9-6-12-36(39)51-33-30-48-27-24-45-21-18-42-3;26-5-1(9(30)17(38)21(42)13(5)34)25(2-6(27)14(35)22(43)18(39)10(2)31,3-7(28)15(36)23(44)19(40)11(3)32)4-8(29)16(37)24(45)20(41)12(4)33/h4-15H,16-33H2,1-3H3;/q+1;-1. The molecule has 0 fully saturated rings. The fourth-order valence-corrected chi connectivity index (χ4v) is 15.7. The first kappa shape index (κ1) is 80.2. The van der Waals surface area contributed by atoms with E-state index in [0.29, 0.717) is 119 Å². The van der Waals surface area contributed by atoms with Crippen molar-refractivity contribution < 1.29 is 127 Å². The second kappa shape index (κ2) is 39.3. The molecule has 530 valence electrons. The molecule has 7 aromatic carbocycles. The smallest absolute Gasteiger partial charge is 0.207 e. The van der Waals surface area contributed by atoms with Crippen LogP contribution in [0.1, 0.15) is 0 Å². The van der Waals surface area contributed by atoms with Gasteiger partial charge in [0, 0.05) is 41.4 Å². The van der Waals surface area contributed by atoms with Crippen LogP contribution in [0.25, 0.3) is 0 Å². The van der Waals surface area contributed by atoms with Crippen molar-refractivity contribution in [3.05, 3.63) is 186 Å². The van der Waals surface area contributed by atoms with Gasteiger partial charge in [-0.05, 0) is 0 Å². The van der Waals surface area contributed by atoms with Crippen molar-refractivity contribution in [2.24, 2.45) is 0 Å². The molecule has 0 aliphatic rings. The molecule has 0 aromatic heterocycles. The van der Waals surface area contributed by atoms with Gasteiger partial charge in [0.25, 0.3) is 0 Å². The number of rotatable bonds is 37. The normalized spacial score (nSPS) is 11.6. The van der Waals surface area contributed by atoms with E-state index < -0.39 is 155 Å². The molecule has 0 saturated heterocycles. The van der Waals surface area contributed by atoms with Crippen LogP contribution in [0.3, 0.4) is 0 Å². The Kier molecular flexibility index (Phi) is 32.5. The van der Waals surface area contributed by atoms with Crippen LogP contribution >= 0.6 is 46.4 Å². The Hall–Kier alpha value is -5.80. The molecule has 0 aliphatic heterocycles. The van der Waals surface area contributed by atoms with Gasteiger partial charge >= 0.3 is 293 Å². The summed E-state index contributed by atoms with van der Waals surface area (Å²) in [6.07, 6.45) is -6.24. The van der Waals surface area contributed by atoms with E-state index in [2.05, 4.69) is 18.2 Å². The predicted molar refractivity (Wildman–Crippen MR) is 330 cm³/mol. The van der Waals surface area contributed by atoms with Crippen molar-refractivity contribution in [1.82, 2.24) is 0 Å². The molecular formula is C63H57BCl4F16O12Se. The molecule has 0 bridgehead atoms. The van der Waals surface area contributed by atoms with Gasteiger partial charge in [-0.2, -0.15) is 0 Å². The van der Waals surface area contributed by atoms with Gasteiger partial charge in [0.05, 0.1) is 0 Å². The molecule has 0 N–H and O–H groups in total. The van der Waals surface area contributed by atoms with Crippen LogP contribution in [0.15, 0.2) is 72.8 Å². The Balaban J connectivity index is 0.000000309. The molecule has 0 saturated carbocycles. The summed E-state index contributed by atoms with van der Waals surface area (Å²) < 4.78 is 309. The Morgan fingerprint density at radius 1 is 0.258 bits per heavy atom. The molecule has 12 nitrogen and oxygen atoms in total. The zero-order valence-corrected chi connectivity index (χ0v) is 55.8. The predicted octanol–water partition coefficient (Wildman–Crippen LogP) is 10.3. The zero-order valence-electron chi connectivity index (χ0n) is 51.1. The second-order valence-electron chi connectivity index (χ2n) is 19.6. The van der Waals surface area contributed by atoms with E-state index in [1.165, 1.54) is 0 Å². The van der Waals surface area contributed by atoms with Crippen molar-refractivity contribution in [3.63, 3.8) is 0 Å². The van der Waals surface area contributed by atoms with Gasteiger partial charge in [-0.3, -0.25) is 0 Å². The number of methoxy groups -OCH3 is 3. The van der Waals surface area contributed by atoms with Crippen LogP contribution in [-0.4, -0.2) is 160 Å². The number of hydrogen-bond donors (Lipinski definition) is 0. The summed E-state index contributed by atoms with van der Waals surface area (Å²) in [6.45, 7) is 8.73. The zero-order chi connectivity index (χ0) is 71.1. The molecule has 0 spiro atoms. The summed E-state index contributed by atoms with van der Waals surface area (Å²) in [7, 11) is 4.96. The summed E-state index contributed by atoms with van der Waals surface area (Å²) in [6, 6.07) is 24.6. The third-order valence-corrected chi connectivity index (χ3v) is 20.2. The maximum atomic E-state index is 15.8. The van der Waals surface area contributed by atoms with Crippen LogP contribution in [-0.2, 0) is 42.6 Å². The van der Waals surface area contributed by atoms with Crippen LogP contribution in [0.4, 0.5) is 70.2 Å². The summed E-state index contributed by atoms with van der Waals surface area (Å²) in [5.74, 6) is -45.9. The Morgan fingerprint density at radius 2 is 0.443 bits per heavy atom. The number of ether oxygens (including phenoxy) is 12. The first-order valence-corrected chi connectivity index (χ1v) is 32.6.